The highest BCUT2D eigenvalue weighted by Gasteiger charge is 2.40. The predicted molar refractivity (Wildman–Crippen MR) is 97.9 cm³/mol. The molecule has 26 heavy (non-hydrogen) atoms. The van der Waals surface area contributed by atoms with E-state index in [0.717, 1.165) is 12.1 Å². The van der Waals surface area contributed by atoms with Crippen LogP contribution in [0.4, 0.5) is 5.69 Å². The minimum atomic E-state index is -0.877. The number of carboxylic acid groups (broad SMARTS) is 1. The Morgan fingerprint density at radius 3 is 2.46 bits per heavy atom. The molecule has 6 heteroatoms. The zero-order chi connectivity index (χ0) is 18.8. The molecule has 1 heterocycles. The average molecular weight is 358 g/mol. The van der Waals surface area contributed by atoms with Crippen molar-refractivity contribution in [3.8, 4) is 0 Å². The summed E-state index contributed by atoms with van der Waals surface area (Å²) in [6.45, 7) is 4.73. The summed E-state index contributed by atoms with van der Waals surface area (Å²) in [4.78, 5) is 38.2. The molecule has 1 unspecified atom stereocenters. The largest absolute Gasteiger partial charge is 0.481 e. The summed E-state index contributed by atoms with van der Waals surface area (Å²) in [7, 11) is 0. The fraction of sp³-hybridized carbons (Fsp3) is 0.550. The molecule has 140 valence electrons. The number of amides is 2. The van der Waals surface area contributed by atoms with Crippen LogP contribution in [0.3, 0.4) is 0 Å². The molecule has 0 bridgehead atoms. The second kappa shape index (κ2) is 7.48. The monoisotopic (exact) mass is 358 g/mol. The number of aliphatic carboxylic acids is 1. The summed E-state index contributed by atoms with van der Waals surface area (Å²) in [5.41, 5.74) is 2.01. The van der Waals surface area contributed by atoms with Crippen molar-refractivity contribution in [2.24, 2.45) is 11.8 Å². The van der Waals surface area contributed by atoms with E-state index in [1.54, 1.807) is 4.90 Å². The smallest absolute Gasteiger partial charge is 0.308 e. The topological polar surface area (TPSA) is 86.7 Å². The summed E-state index contributed by atoms with van der Waals surface area (Å²) >= 11 is 0. The van der Waals surface area contributed by atoms with Crippen molar-refractivity contribution in [1.29, 1.82) is 0 Å². The van der Waals surface area contributed by atoms with Gasteiger partial charge in [0.05, 0.1) is 5.92 Å². The number of hydrogen-bond donors (Lipinski definition) is 2. The van der Waals surface area contributed by atoms with Crippen LogP contribution in [0.15, 0.2) is 24.3 Å². The van der Waals surface area contributed by atoms with Gasteiger partial charge in [0.2, 0.25) is 11.8 Å². The SMILES string of the molecule is CC(C)c1ccc(N2CCC(C(=O)N[C@@H]3CCC[C@@H]3C(=O)O)C2=O)cc1. The fourth-order valence-corrected chi connectivity index (χ4v) is 3.93. The highest BCUT2D eigenvalue weighted by molar-refractivity contribution is 6.09. The molecule has 1 saturated heterocycles. The minimum absolute atomic E-state index is 0.204. The zero-order valence-corrected chi connectivity index (χ0v) is 15.3. The Hall–Kier alpha value is -2.37. The van der Waals surface area contributed by atoms with E-state index in [0.29, 0.717) is 31.7 Å². The number of benzene rings is 1. The van der Waals surface area contributed by atoms with Crippen LogP contribution in [-0.4, -0.2) is 35.5 Å². The predicted octanol–water partition coefficient (Wildman–Crippen LogP) is 2.53. The molecule has 2 N–H and O–H groups in total. The second-order valence-electron chi connectivity index (χ2n) is 7.57. The molecule has 1 aromatic rings. The molecule has 3 atom stereocenters. The quantitative estimate of drug-likeness (QED) is 0.792. The number of hydrogen-bond acceptors (Lipinski definition) is 3. The molecular weight excluding hydrogens is 332 g/mol. The molecule has 2 fully saturated rings. The van der Waals surface area contributed by atoms with Gasteiger partial charge in [-0.15, -0.1) is 0 Å². The number of rotatable bonds is 5. The van der Waals surface area contributed by atoms with Crippen molar-refractivity contribution in [3.63, 3.8) is 0 Å². The van der Waals surface area contributed by atoms with Gasteiger partial charge in [0.15, 0.2) is 0 Å². The number of anilines is 1. The molecule has 1 aliphatic carbocycles. The molecule has 2 aliphatic rings. The summed E-state index contributed by atoms with van der Waals surface area (Å²) in [5.74, 6) is -2.27. The Morgan fingerprint density at radius 2 is 1.85 bits per heavy atom. The van der Waals surface area contributed by atoms with E-state index >= 15 is 0 Å². The standard InChI is InChI=1S/C20H26N2O4/c1-12(2)13-6-8-14(9-7-13)22-11-10-16(19(22)24)18(23)21-17-5-3-4-15(17)20(25)26/h6-9,12,15-17H,3-5,10-11H2,1-2H3,(H,21,23)(H,25,26)/t15-,16?,17+/m0/s1. The van der Waals surface area contributed by atoms with Crippen LogP contribution in [0.1, 0.15) is 51.0 Å². The lowest BCUT2D eigenvalue weighted by atomic mass is 10.0. The maximum Gasteiger partial charge on any atom is 0.308 e. The minimum Gasteiger partial charge on any atom is -0.481 e. The highest BCUT2D eigenvalue weighted by Crippen LogP contribution is 2.29. The van der Waals surface area contributed by atoms with E-state index in [-0.39, 0.29) is 17.9 Å². The fourth-order valence-electron chi connectivity index (χ4n) is 3.93. The van der Waals surface area contributed by atoms with Gasteiger partial charge in [-0.3, -0.25) is 14.4 Å². The van der Waals surface area contributed by atoms with Crippen LogP contribution in [-0.2, 0) is 14.4 Å². The molecule has 2 amide bonds. The molecule has 3 rings (SSSR count). The first-order valence-electron chi connectivity index (χ1n) is 9.33. The lowest BCUT2D eigenvalue weighted by Gasteiger charge is -2.20. The van der Waals surface area contributed by atoms with Crippen LogP contribution in [0, 0.1) is 11.8 Å². The first kappa shape index (κ1) is 18.4. The molecule has 0 aromatic heterocycles. The molecule has 1 aromatic carbocycles. The first-order chi connectivity index (χ1) is 12.4. The number of carbonyl (C=O) groups excluding carboxylic acids is 2. The first-order valence-corrected chi connectivity index (χ1v) is 9.33. The maximum atomic E-state index is 12.7. The van der Waals surface area contributed by atoms with E-state index in [2.05, 4.69) is 19.2 Å². The van der Waals surface area contributed by atoms with Crippen molar-refractivity contribution >= 4 is 23.5 Å². The Labute approximate surface area is 153 Å². The molecular formula is C20H26N2O4. The van der Waals surface area contributed by atoms with Gasteiger partial charge in [0.25, 0.3) is 0 Å². The van der Waals surface area contributed by atoms with Crippen LogP contribution in [0.5, 0.6) is 0 Å². The Bertz CT molecular complexity index is 698. The van der Waals surface area contributed by atoms with Gasteiger partial charge < -0.3 is 15.3 Å². The summed E-state index contributed by atoms with van der Waals surface area (Å²) in [5, 5.41) is 12.1. The molecule has 0 spiro atoms. The molecule has 1 aliphatic heterocycles. The molecule has 1 saturated carbocycles. The summed E-state index contributed by atoms with van der Waals surface area (Å²) < 4.78 is 0. The van der Waals surface area contributed by atoms with Gasteiger partial charge in [0, 0.05) is 18.3 Å². The van der Waals surface area contributed by atoms with Crippen molar-refractivity contribution in [3.05, 3.63) is 29.8 Å². The van der Waals surface area contributed by atoms with E-state index < -0.39 is 17.8 Å². The third-order valence-corrected chi connectivity index (χ3v) is 5.55. The normalized spacial score (nSPS) is 25.7. The van der Waals surface area contributed by atoms with E-state index in [1.807, 2.05) is 24.3 Å². The Kier molecular flexibility index (Phi) is 5.30. The van der Waals surface area contributed by atoms with Gasteiger partial charge in [0.1, 0.15) is 5.92 Å². The van der Waals surface area contributed by atoms with E-state index in [9.17, 15) is 19.5 Å². The lowest BCUT2D eigenvalue weighted by molar-refractivity contribution is -0.142. The van der Waals surface area contributed by atoms with Crippen LogP contribution in [0.2, 0.25) is 0 Å². The third-order valence-electron chi connectivity index (χ3n) is 5.55. The zero-order valence-electron chi connectivity index (χ0n) is 15.3. The van der Waals surface area contributed by atoms with Gasteiger partial charge in [-0.05, 0) is 42.9 Å². The van der Waals surface area contributed by atoms with Crippen LogP contribution in [0.25, 0.3) is 0 Å². The van der Waals surface area contributed by atoms with Crippen molar-refractivity contribution in [1.82, 2.24) is 5.32 Å². The molecule has 0 radical (unpaired) electrons. The third kappa shape index (κ3) is 3.59. The average Bonchev–Trinajstić information content (AvgIpc) is 3.21. The van der Waals surface area contributed by atoms with Crippen LogP contribution >= 0.6 is 0 Å². The lowest BCUT2D eigenvalue weighted by Crippen LogP contribution is -2.45. The van der Waals surface area contributed by atoms with Gasteiger partial charge >= 0.3 is 5.97 Å². The number of carboxylic acids is 1. The van der Waals surface area contributed by atoms with E-state index in [4.69, 9.17) is 0 Å². The highest BCUT2D eigenvalue weighted by atomic mass is 16.4. The summed E-state index contributed by atoms with van der Waals surface area (Å²) in [6, 6.07) is 7.50. The summed E-state index contributed by atoms with van der Waals surface area (Å²) in [6.07, 6.45) is 2.48. The van der Waals surface area contributed by atoms with Gasteiger partial charge in [-0.25, -0.2) is 0 Å². The number of nitrogens with one attached hydrogen (secondary N) is 1. The maximum absolute atomic E-state index is 12.7. The van der Waals surface area contributed by atoms with Crippen molar-refractivity contribution < 1.29 is 19.5 Å². The number of carbonyl (C=O) groups is 3. The second-order valence-corrected chi connectivity index (χ2v) is 7.57. The van der Waals surface area contributed by atoms with Crippen LogP contribution < -0.4 is 10.2 Å². The van der Waals surface area contributed by atoms with Crippen molar-refractivity contribution in [2.45, 2.75) is 51.5 Å². The Morgan fingerprint density at radius 1 is 1.15 bits per heavy atom. The van der Waals surface area contributed by atoms with Crippen molar-refractivity contribution in [2.75, 3.05) is 11.4 Å². The van der Waals surface area contributed by atoms with Gasteiger partial charge in [-0.1, -0.05) is 32.4 Å². The van der Waals surface area contributed by atoms with E-state index in [1.165, 1.54) is 5.56 Å². The molecule has 6 nitrogen and oxygen atoms in total. The number of nitrogens with zero attached hydrogens (tertiary/aromatic N) is 1. The Balaban J connectivity index is 1.65. The van der Waals surface area contributed by atoms with Gasteiger partial charge in [-0.2, -0.15) is 0 Å².